The summed E-state index contributed by atoms with van der Waals surface area (Å²) in [7, 11) is 1.57. The Morgan fingerprint density at radius 2 is 1.86 bits per heavy atom. The number of methoxy groups -OCH3 is 1. The van der Waals surface area contributed by atoms with E-state index in [0.29, 0.717) is 46.9 Å². The van der Waals surface area contributed by atoms with E-state index in [-0.39, 0.29) is 30.5 Å². The van der Waals surface area contributed by atoms with Crippen LogP contribution in [0.25, 0.3) is 16.7 Å². The maximum atomic E-state index is 13.8. The van der Waals surface area contributed by atoms with Crippen LogP contribution in [0.5, 0.6) is 5.88 Å². The van der Waals surface area contributed by atoms with Gasteiger partial charge in [0.15, 0.2) is 0 Å². The number of hydrogen-bond acceptors (Lipinski definition) is 7. The topological polar surface area (TPSA) is 110 Å². The van der Waals surface area contributed by atoms with Gasteiger partial charge >= 0.3 is 5.69 Å². The molecule has 3 aromatic heterocycles. The first-order valence-electron chi connectivity index (χ1n) is 14.2. The molecule has 4 aromatic rings. The molecule has 1 aromatic carbocycles. The minimum Gasteiger partial charge on any atom is -0.475 e. The van der Waals surface area contributed by atoms with E-state index >= 15 is 0 Å². The van der Waals surface area contributed by atoms with Gasteiger partial charge in [-0.1, -0.05) is 23.7 Å². The lowest BCUT2D eigenvalue weighted by atomic mass is 9.85. The molecule has 0 unspecified atom stereocenters. The molecule has 5 rings (SSSR count). The van der Waals surface area contributed by atoms with E-state index < -0.39 is 0 Å². The lowest BCUT2D eigenvalue weighted by Crippen LogP contribution is -2.39. The number of fused-ring (bicyclic) bond motifs is 1. The molecule has 0 spiro atoms. The van der Waals surface area contributed by atoms with Crippen molar-refractivity contribution in [3.8, 4) is 11.6 Å². The normalized spacial score (nSPS) is 17.7. The molecule has 222 valence electrons. The molecule has 1 aliphatic rings. The van der Waals surface area contributed by atoms with Crippen LogP contribution in [0.2, 0.25) is 5.02 Å². The number of pyridine rings is 2. The number of hydrogen-bond donors (Lipinski definition) is 1. The van der Waals surface area contributed by atoms with E-state index in [2.05, 4.69) is 15.3 Å². The molecule has 42 heavy (non-hydrogen) atoms. The molecular formula is C31H36ClN5O5. The van der Waals surface area contributed by atoms with Crippen molar-refractivity contribution in [2.24, 2.45) is 5.92 Å². The molecule has 1 atom stereocenters. The molecule has 1 amide bonds. The number of carbonyl (C=O) groups is 1. The summed E-state index contributed by atoms with van der Waals surface area (Å²) in [6, 6.07) is 13.1. The van der Waals surface area contributed by atoms with E-state index in [9.17, 15) is 9.59 Å². The number of ether oxygens (including phenoxy) is 3. The van der Waals surface area contributed by atoms with Gasteiger partial charge in [0.05, 0.1) is 45.3 Å². The Hall–Kier alpha value is -3.73. The summed E-state index contributed by atoms with van der Waals surface area (Å²) in [5.41, 5.74) is 3.43. The second kappa shape index (κ2) is 13.5. The van der Waals surface area contributed by atoms with E-state index in [4.69, 9.17) is 25.8 Å². The predicted molar refractivity (Wildman–Crippen MR) is 160 cm³/mol. The first-order chi connectivity index (χ1) is 20.3. The number of imidazole rings is 1. The molecule has 0 bridgehead atoms. The van der Waals surface area contributed by atoms with Crippen molar-refractivity contribution >= 4 is 28.5 Å². The van der Waals surface area contributed by atoms with Crippen LogP contribution in [0.15, 0.2) is 59.7 Å². The number of benzene rings is 1. The molecule has 10 nitrogen and oxygen atoms in total. The fraction of sp³-hybridized carbons (Fsp3) is 0.419. The molecule has 11 heteroatoms. The summed E-state index contributed by atoms with van der Waals surface area (Å²) < 4.78 is 19.6. The Morgan fingerprint density at radius 3 is 2.57 bits per heavy atom. The Labute approximate surface area is 249 Å². The zero-order valence-corrected chi connectivity index (χ0v) is 24.8. The average molecular weight is 594 g/mol. The summed E-state index contributed by atoms with van der Waals surface area (Å²) in [5.74, 6) is 0.624. The third-order valence-corrected chi connectivity index (χ3v) is 7.88. The Morgan fingerprint density at radius 1 is 1.10 bits per heavy atom. The Balaban J connectivity index is 1.25. The van der Waals surface area contributed by atoms with Crippen LogP contribution >= 0.6 is 11.6 Å². The van der Waals surface area contributed by atoms with Crippen LogP contribution in [0.1, 0.15) is 48.7 Å². The van der Waals surface area contributed by atoms with Gasteiger partial charge in [-0.05, 0) is 69.7 Å². The minimum absolute atomic E-state index is 0.0755. The third kappa shape index (κ3) is 6.83. The standard InChI is InChI=1S/C31H36ClN5O5/c1-20(42-19-40-3)18-41-29-13-12-25(16-34-29)37-28-7-5-4-6-27(28)36(31(37)39)17-22-8-10-24(11-9-22)35-30(38)26-14-23(32)15-33-21(26)2/h4-7,12-16,20,22,24H,8-11,17-19H2,1-3H3,(H,35,38)/t20-,22?,24?/m1/s1. The van der Waals surface area contributed by atoms with Crippen LogP contribution < -0.4 is 15.7 Å². The van der Waals surface area contributed by atoms with Gasteiger partial charge in [-0.15, -0.1) is 0 Å². The van der Waals surface area contributed by atoms with Crippen LogP contribution in [0, 0.1) is 12.8 Å². The zero-order chi connectivity index (χ0) is 29.6. The van der Waals surface area contributed by atoms with E-state index in [1.165, 1.54) is 0 Å². The number of aryl methyl sites for hydroxylation is 1. The summed E-state index contributed by atoms with van der Waals surface area (Å²) in [4.78, 5) is 35.2. The van der Waals surface area contributed by atoms with Gasteiger partial charge in [0.1, 0.15) is 13.4 Å². The van der Waals surface area contributed by atoms with E-state index in [1.54, 1.807) is 43.1 Å². The van der Waals surface area contributed by atoms with Crippen molar-refractivity contribution in [3.63, 3.8) is 0 Å². The quantitative estimate of drug-likeness (QED) is 0.246. The maximum absolute atomic E-state index is 13.8. The largest absolute Gasteiger partial charge is 0.475 e. The van der Waals surface area contributed by atoms with Crippen LogP contribution in [-0.4, -0.2) is 57.7 Å². The summed E-state index contributed by atoms with van der Waals surface area (Å²) in [6.07, 6.45) is 6.55. The molecule has 1 fully saturated rings. The second-order valence-corrected chi connectivity index (χ2v) is 11.2. The molecular weight excluding hydrogens is 558 g/mol. The summed E-state index contributed by atoms with van der Waals surface area (Å²) in [5, 5.41) is 3.58. The highest BCUT2D eigenvalue weighted by molar-refractivity contribution is 6.30. The van der Waals surface area contributed by atoms with Crippen molar-refractivity contribution in [3.05, 3.63) is 81.6 Å². The smallest absolute Gasteiger partial charge is 0.333 e. The molecule has 0 saturated heterocycles. The van der Waals surface area contributed by atoms with Gasteiger partial charge in [-0.2, -0.15) is 0 Å². The van der Waals surface area contributed by atoms with Gasteiger partial charge in [-0.25, -0.2) is 9.78 Å². The summed E-state index contributed by atoms with van der Waals surface area (Å²) in [6.45, 7) is 4.83. The molecule has 0 radical (unpaired) electrons. The van der Waals surface area contributed by atoms with Crippen molar-refractivity contribution < 1.29 is 19.0 Å². The number of nitrogens with one attached hydrogen (secondary N) is 1. The number of halogens is 1. The predicted octanol–water partition coefficient (Wildman–Crippen LogP) is 4.92. The van der Waals surface area contributed by atoms with Gasteiger partial charge < -0.3 is 19.5 Å². The first kappa shape index (κ1) is 29.8. The third-order valence-electron chi connectivity index (χ3n) is 7.67. The number of aromatic nitrogens is 4. The monoisotopic (exact) mass is 593 g/mol. The van der Waals surface area contributed by atoms with Crippen LogP contribution in [0.4, 0.5) is 0 Å². The van der Waals surface area contributed by atoms with Crippen molar-refractivity contribution in [1.82, 2.24) is 24.4 Å². The SMILES string of the molecule is COCO[C@H](C)COc1ccc(-n2c(=O)n(CC3CCC(NC(=O)c4cc(Cl)cnc4C)CC3)c3ccccc32)cn1. The molecule has 0 aliphatic heterocycles. The molecule has 1 aliphatic carbocycles. The zero-order valence-electron chi connectivity index (χ0n) is 24.1. The highest BCUT2D eigenvalue weighted by atomic mass is 35.5. The van der Waals surface area contributed by atoms with E-state index in [0.717, 1.165) is 36.7 Å². The van der Waals surface area contributed by atoms with Crippen molar-refractivity contribution in [2.45, 2.75) is 58.2 Å². The second-order valence-electron chi connectivity index (χ2n) is 10.7. The van der Waals surface area contributed by atoms with Gasteiger partial charge in [0, 0.05) is 32.0 Å². The van der Waals surface area contributed by atoms with Crippen LogP contribution in [0.3, 0.4) is 0 Å². The molecule has 1 N–H and O–H groups in total. The van der Waals surface area contributed by atoms with E-state index in [1.807, 2.05) is 41.8 Å². The first-order valence-corrected chi connectivity index (χ1v) is 14.5. The average Bonchev–Trinajstić information content (AvgIpc) is 3.28. The number of amides is 1. The van der Waals surface area contributed by atoms with Gasteiger partial charge in [-0.3, -0.25) is 18.9 Å². The lowest BCUT2D eigenvalue weighted by molar-refractivity contribution is -0.0771. The fourth-order valence-corrected chi connectivity index (χ4v) is 5.57. The minimum atomic E-state index is -0.150. The highest BCUT2D eigenvalue weighted by Gasteiger charge is 2.26. The molecule has 1 saturated carbocycles. The Kier molecular flexibility index (Phi) is 9.56. The summed E-state index contributed by atoms with van der Waals surface area (Å²) >= 11 is 6.05. The Bertz CT molecular complexity index is 1580. The van der Waals surface area contributed by atoms with Gasteiger partial charge in [0.2, 0.25) is 5.88 Å². The highest BCUT2D eigenvalue weighted by Crippen LogP contribution is 2.28. The van der Waals surface area contributed by atoms with Crippen LogP contribution in [-0.2, 0) is 16.0 Å². The number of carbonyl (C=O) groups excluding carboxylic acids is 1. The number of rotatable bonds is 11. The van der Waals surface area contributed by atoms with Crippen molar-refractivity contribution in [1.29, 1.82) is 0 Å². The maximum Gasteiger partial charge on any atom is 0.333 e. The number of para-hydroxylation sites is 2. The fourth-order valence-electron chi connectivity index (χ4n) is 5.41. The number of nitrogens with zero attached hydrogens (tertiary/aromatic N) is 4. The van der Waals surface area contributed by atoms with Crippen molar-refractivity contribution in [2.75, 3.05) is 20.5 Å². The molecule has 3 heterocycles. The van der Waals surface area contributed by atoms with Gasteiger partial charge in [0.25, 0.3) is 5.91 Å². The lowest BCUT2D eigenvalue weighted by Gasteiger charge is -2.29.